The molecule has 0 spiro atoms. The second-order valence-corrected chi connectivity index (χ2v) is 5.53. The minimum Gasteiger partial charge on any atom is -0.365 e. The van der Waals surface area contributed by atoms with E-state index in [1.54, 1.807) is 17.4 Å². The number of halogens is 1. The molecular formula is C14H16ClN3OS. The molecule has 1 heterocycles. The molecule has 20 heavy (non-hydrogen) atoms. The molecule has 0 bridgehead atoms. The van der Waals surface area contributed by atoms with Crippen LogP contribution >= 0.6 is 22.9 Å². The van der Waals surface area contributed by atoms with E-state index in [1.807, 2.05) is 30.6 Å². The number of hydrogen-bond donors (Lipinski definition) is 2. The second-order valence-electron chi connectivity index (χ2n) is 4.26. The monoisotopic (exact) mass is 309 g/mol. The minimum absolute atomic E-state index is 0.0258. The van der Waals surface area contributed by atoms with Gasteiger partial charge in [0.15, 0.2) is 5.13 Å². The molecule has 0 fully saturated rings. The maximum absolute atomic E-state index is 11.8. The first-order chi connectivity index (χ1) is 9.69. The Morgan fingerprint density at radius 3 is 2.90 bits per heavy atom. The number of benzene rings is 1. The summed E-state index contributed by atoms with van der Waals surface area (Å²) in [6.07, 6.45) is 1.03. The summed E-state index contributed by atoms with van der Waals surface area (Å²) >= 11 is 7.58. The number of rotatable bonds is 6. The standard InChI is InChI=1S/C14H16ClN3OS/c1-16-14-18-11(9-20-14)6-7-17-13(19)8-10-4-2-3-5-12(10)15/h2-5,9H,6-8H2,1H3,(H,16,18)(H,17,19). The zero-order valence-electron chi connectivity index (χ0n) is 11.1. The number of anilines is 1. The van der Waals surface area contributed by atoms with Gasteiger partial charge in [-0.2, -0.15) is 0 Å². The Labute approximate surface area is 127 Å². The zero-order chi connectivity index (χ0) is 14.4. The Kier molecular flexibility index (Phi) is 5.38. The van der Waals surface area contributed by atoms with E-state index in [0.717, 1.165) is 22.8 Å². The molecule has 2 N–H and O–H groups in total. The zero-order valence-corrected chi connectivity index (χ0v) is 12.7. The number of aromatic nitrogens is 1. The van der Waals surface area contributed by atoms with Gasteiger partial charge in [0.2, 0.25) is 5.91 Å². The van der Waals surface area contributed by atoms with Gasteiger partial charge in [0.1, 0.15) is 0 Å². The molecule has 4 nitrogen and oxygen atoms in total. The maximum atomic E-state index is 11.8. The smallest absolute Gasteiger partial charge is 0.224 e. The predicted molar refractivity (Wildman–Crippen MR) is 83.5 cm³/mol. The summed E-state index contributed by atoms with van der Waals surface area (Å²) in [6.45, 7) is 0.580. The third-order valence-electron chi connectivity index (χ3n) is 2.78. The van der Waals surface area contributed by atoms with Crippen molar-refractivity contribution in [2.45, 2.75) is 12.8 Å². The molecule has 0 saturated carbocycles. The van der Waals surface area contributed by atoms with Crippen molar-refractivity contribution in [3.63, 3.8) is 0 Å². The lowest BCUT2D eigenvalue weighted by Crippen LogP contribution is -2.27. The lowest BCUT2D eigenvalue weighted by molar-refractivity contribution is -0.120. The summed E-state index contributed by atoms with van der Waals surface area (Å²) in [6, 6.07) is 7.38. The van der Waals surface area contributed by atoms with Crippen molar-refractivity contribution in [2.24, 2.45) is 0 Å². The molecule has 0 unspecified atom stereocenters. The molecular weight excluding hydrogens is 294 g/mol. The topological polar surface area (TPSA) is 54.0 Å². The number of thiazole rings is 1. The molecule has 6 heteroatoms. The van der Waals surface area contributed by atoms with Crippen LogP contribution in [0.25, 0.3) is 0 Å². The van der Waals surface area contributed by atoms with Crippen LogP contribution in [0.5, 0.6) is 0 Å². The Balaban J connectivity index is 1.77. The van der Waals surface area contributed by atoms with Crippen LogP contribution in [0, 0.1) is 0 Å². The Hall–Kier alpha value is -1.59. The molecule has 1 amide bonds. The molecule has 0 aliphatic carbocycles. The average Bonchev–Trinajstić information content (AvgIpc) is 2.89. The van der Waals surface area contributed by atoms with Gasteiger partial charge in [-0.15, -0.1) is 11.3 Å². The van der Waals surface area contributed by atoms with E-state index < -0.39 is 0 Å². The fourth-order valence-corrected chi connectivity index (χ4v) is 2.65. The van der Waals surface area contributed by atoms with E-state index in [-0.39, 0.29) is 5.91 Å². The van der Waals surface area contributed by atoms with E-state index >= 15 is 0 Å². The first-order valence-electron chi connectivity index (χ1n) is 6.31. The summed E-state index contributed by atoms with van der Waals surface area (Å²) in [4.78, 5) is 16.2. The van der Waals surface area contributed by atoms with E-state index in [9.17, 15) is 4.79 Å². The summed E-state index contributed by atoms with van der Waals surface area (Å²) in [5.41, 5.74) is 1.83. The number of nitrogens with zero attached hydrogens (tertiary/aromatic N) is 1. The quantitative estimate of drug-likeness (QED) is 0.862. The molecule has 1 aromatic carbocycles. The summed E-state index contributed by atoms with van der Waals surface area (Å²) in [5, 5.41) is 9.38. The van der Waals surface area contributed by atoms with Crippen molar-refractivity contribution in [2.75, 3.05) is 18.9 Å². The van der Waals surface area contributed by atoms with Crippen LogP contribution in [0.1, 0.15) is 11.3 Å². The van der Waals surface area contributed by atoms with Crippen LogP contribution in [0.15, 0.2) is 29.6 Å². The van der Waals surface area contributed by atoms with Crippen LogP contribution in [0.2, 0.25) is 5.02 Å². The van der Waals surface area contributed by atoms with Crippen molar-refractivity contribution >= 4 is 34.0 Å². The number of nitrogens with one attached hydrogen (secondary N) is 2. The molecule has 106 valence electrons. The van der Waals surface area contributed by atoms with Gasteiger partial charge in [-0.3, -0.25) is 4.79 Å². The lowest BCUT2D eigenvalue weighted by Gasteiger charge is -2.05. The van der Waals surface area contributed by atoms with Crippen molar-refractivity contribution in [1.29, 1.82) is 0 Å². The predicted octanol–water partition coefficient (Wildman–Crippen LogP) is 2.74. The highest BCUT2D eigenvalue weighted by atomic mass is 35.5. The Bertz CT molecular complexity index is 585. The molecule has 0 aliphatic rings. The van der Waals surface area contributed by atoms with Gasteiger partial charge in [0.25, 0.3) is 0 Å². The van der Waals surface area contributed by atoms with Gasteiger partial charge >= 0.3 is 0 Å². The van der Waals surface area contributed by atoms with Crippen LogP contribution in [0.4, 0.5) is 5.13 Å². The van der Waals surface area contributed by atoms with Gasteiger partial charge < -0.3 is 10.6 Å². The number of carbonyl (C=O) groups excluding carboxylic acids is 1. The Morgan fingerprint density at radius 2 is 2.20 bits per heavy atom. The largest absolute Gasteiger partial charge is 0.365 e. The molecule has 2 aromatic rings. The molecule has 0 aliphatic heterocycles. The van der Waals surface area contributed by atoms with Crippen LogP contribution < -0.4 is 10.6 Å². The van der Waals surface area contributed by atoms with E-state index in [4.69, 9.17) is 11.6 Å². The van der Waals surface area contributed by atoms with Crippen molar-refractivity contribution in [3.8, 4) is 0 Å². The molecule has 0 atom stereocenters. The van der Waals surface area contributed by atoms with Crippen LogP contribution in [0.3, 0.4) is 0 Å². The summed E-state index contributed by atoms with van der Waals surface area (Å²) in [5.74, 6) is -0.0258. The van der Waals surface area contributed by atoms with Crippen LogP contribution in [-0.4, -0.2) is 24.5 Å². The van der Waals surface area contributed by atoms with Crippen molar-refractivity contribution in [3.05, 3.63) is 45.9 Å². The first kappa shape index (κ1) is 14.8. The van der Waals surface area contributed by atoms with Gasteiger partial charge in [0.05, 0.1) is 12.1 Å². The number of amides is 1. The first-order valence-corrected chi connectivity index (χ1v) is 7.57. The summed E-state index contributed by atoms with van der Waals surface area (Å²) in [7, 11) is 1.84. The maximum Gasteiger partial charge on any atom is 0.224 e. The average molecular weight is 310 g/mol. The SMILES string of the molecule is CNc1nc(CCNC(=O)Cc2ccccc2Cl)cs1. The third-order valence-corrected chi connectivity index (χ3v) is 4.06. The van der Waals surface area contributed by atoms with E-state index in [2.05, 4.69) is 15.6 Å². The highest BCUT2D eigenvalue weighted by molar-refractivity contribution is 7.13. The van der Waals surface area contributed by atoms with Crippen molar-refractivity contribution in [1.82, 2.24) is 10.3 Å². The highest BCUT2D eigenvalue weighted by Gasteiger charge is 2.06. The number of hydrogen-bond acceptors (Lipinski definition) is 4. The van der Waals surface area contributed by atoms with Crippen molar-refractivity contribution < 1.29 is 4.79 Å². The third kappa shape index (κ3) is 4.21. The van der Waals surface area contributed by atoms with E-state index in [1.165, 1.54) is 0 Å². The second kappa shape index (κ2) is 7.26. The van der Waals surface area contributed by atoms with Gasteiger partial charge in [-0.25, -0.2) is 4.98 Å². The fraction of sp³-hybridized carbons (Fsp3) is 0.286. The lowest BCUT2D eigenvalue weighted by atomic mass is 10.1. The number of carbonyl (C=O) groups is 1. The fourth-order valence-electron chi connectivity index (χ4n) is 1.74. The minimum atomic E-state index is -0.0258. The van der Waals surface area contributed by atoms with Gasteiger partial charge in [-0.05, 0) is 11.6 Å². The van der Waals surface area contributed by atoms with E-state index in [0.29, 0.717) is 18.0 Å². The molecule has 1 aromatic heterocycles. The summed E-state index contributed by atoms with van der Waals surface area (Å²) < 4.78 is 0. The Morgan fingerprint density at radius 1 is 1.40 bits per heavy atom. The molecule has 2 rings (SSSR count). The van der Waals surface area contributed by atoms with Gasteiger partial charge in [-0.1, -0.05) is 29.8 Å². The molecule has 0 saturated heterocycles. The normalized spacial score (nSPS) is 10.3. The van der Waals surface area contributed by atoms with Gasteiger partial charge in [0, 0.05) is 30.4 Å². The van der Waals surface area contributed by atoms with Crippen LogP contribution in [-0.2, 0) is 17.6 Å². The molecule has 0 radical (unpaired) electrons. The highest BCUT2D eigenvalue weighted by Crippen LogP contribution is 2.16.